The maximum Gasteiger partial charge on any atom is 0.266 e. The normalized spacial score (nSPS) is 12.2. The van der Waals surface area contributed by atoms with Crippen molar-refractivity contribution in [3.8, 4) is 0 Å². The Bertz CT molecular complexity index is 870. The fourth-order valence-corrected chi connectivity index (χ4v) is 2.56. The first-order valence-electron chi connectivity index (χ1n) is 7.25. The van der Waals surface area contributed by atoms with E-state index in [2.05, 4.69) is 10.3 Å². The summed E-state index contributed by atoms with van der Waals surface area (Å²) in [5, 5.41) is 12.7. The van der Waals surface area contributed by atoms with E-state index in [1.165, 1.54) is 0 Å². The molecule has 118 valence electrons. The molecule has 5 nitrogen and oxygen atoms in total. The number of aromatic amines is 1. The van der Waals surface area contributed by atoms with Crippen molar-refractivity contribution >= 4 is 29.2 Å². The van der Waals surface area contributed by atoms with Gasteiger partial charge in [-0.05, 0) is 36.0 Å². The van der Waals surface area contributed by atoms with Gasteiger partial charge in [0.15, 0.2) is 5.58 Å². The van der Waals surface area contributed by atoms with E-state index < -0.39 is 6.10 Å². The number of amides is 1. The highest BCUT2D eigenvalue weighted by atomic mass is 32.1. The molecule has 0 spiro atoms. The lowest BCUT2D eigenvalue weighted by Crippen LogP contribution is -2.33. The van der Waals surface area contributed by atoms with E-state index in [-0.39, 0.29) is 17.3 Å². The van der Waals surface area contributed by atoms with Crippen LogP contribution >= 0.6 is 12.2 Å². The molecule has 0 radical (unpaired) electrons. The second kappa shape index (κ2) is 6.76. The molecule has 1 aromatic heterocycles. The fraction of sp³-hybridized carbons (Fsp3) is 0.176. The molecule has 3 N–H and O–H groups in total. The van der Waals surface area contributed by atoms with Crippen molar-refractivity contribution in [2.24, 2.45) is 0 Å². The minimum atomic E-state index is -0.638. The number of nitrogens with one attached hydrogen (secondary N) is 2. The van der Waals surface area contributed by atoms with Crippen LogP contribution in [0.4, 0.5) is 0 Å². The molecule has 0 fully saturated rings. The van der Waals surface area contributed by atoms with Crippen LogP contribution in [0.25, 0.3) is 11.1 Å². The molecule has 2 aromatic carbocycles. The molecule has 0 bridgehead atoms. The van der Waals surface area contributed by atoms with Crippen molar-refractivity contribution in [3.63, 3.8) is 0 Å². The molecule has 23 heavy (non-hydrogen) atoms. The van der Waals surface area contributed by atoms with Gasteiger partial charge in [-0.3, -0.25) is 4.79 Å². The summed E-state index contributed by atoms with van der Waals surface area (Å²) >= 11 is 4.91. The van der Waals surface area contributed by atoms with Crippen molar-refractivity contribution in [1.82, 2.24) is 10.3 Å². The zero-order valence-corrected chi connectivity index (χ0v) is 13.1. The minimum absolute atomic E-state index is 0.183. The molecule has 1 heterocycles. The number of oxazole rings is 1. The number of hydrogen-bond acceptors (Lipinski definition) is 4. The average molecular weight is 328 g/mol. The van der Waals surface area contributed by atoms with Crippen LogP contribution in [0.2, 0.25) is 0 Å². The monoisotopic (exact) mass is 328 g/mol. The largest absolute Gasteiger partial charge is 0.429 e. The number of H-pyrrole nitrogens is 1. The maximum absolute atomic E-state index is 12.2. The smallest absolute Gasteiger partial charge is 0.266 e. The average Bonchev–Trinajstić information content (AvgIpc) is 2.92. The number of aliphatic hydroxyl groups excluding tert-OH is 1. The number of benzene rings is 2. The van der Waals surface area contributed by atoms with E-state index >= 15 is 0 Å². The van der Waals surface area contributed by atoms with E-state index in [1.807, 2.05) is 30.3 Å². The molecule has 0 aliphatic rings. The minimum Gasteiger partial charge on any atom is -0.429 e. The fourth-order valence-electron chi connectivity index (χ4n) is 2.36. The molecule has 0 aliphatic heterocycles. The molecular weight excluding hydrogens is 312 g/mol. The summed E-state index contributed by atoms with van der Waals surface area (Å²) < 4.78 is 5.29. The quantitative estimate of drug-likeness (QED) is 0.629. The lowest BCUT2D eigenvalue weighted by molar-refractivity contribution is 0.0916. The summed E-state index contributed by atoms with van der Waals surface area (Å²) in [6, 6.07) is 14.7. The van der Waals surface area contributed by atoms with Crippen molar-refractivity contribution in [2.75, 3.05) is 6.54 Å². The highest BCUT2D eigenvalue weighted by Gasteiger charge is 2.11. The molecule has 3 rings (SSSR count). The Kier molecular flexibility index (Phi) is 4.55. The number of carbonyl (C=O) groups excluding carboxylic acids is 1. The second-order valence-electron chi connectivity index (χ2n) is 5.28. The van der Waals surface area contributed by atoms with E-state index in [1.54, 1.807) is 18.2 Å². The Labute approximate surface area is 138 Å². The summed E-state index contributed by atoms with van der Waals surface area (Å²) in [6.45, 7) is 0.183. The summed E-state index contributed by atoms with van der Waals surface area (Å²) in [5.74, 6) is -0.263. The van der Waals surface area contributed by atoms with Gasteiger partial charge in [0.2, 0.25) is 0 Å². The van der Waals surface area contributed by atoms with Crippen LogP contribution in [0.1, 0.15) is 15.9 Å². The van der Waals surface area contributed by atoms with Gasteiger partial charge >= 0.3 is 0 Å². The molecule has 6 heteroatoms. The standard InChI is InChI=1S/C17H16N2O3S/c20-13(8-11-4-2-1-3-5-11)10-18-16(21)12-6-7-14-15(9-12)22-17(23)19-14/h1-7,9,13,20H,8,10H2,(H,18,21)(H,19,23). The van der Waals surface area contributed by atoms with Crippen molar-refractivity contribution < 1.29 is 14.3 Å². The molecule has 1 amide bonds. The van der Waals surface area contributed by atoms with Gasteiger partial charge in [0, 0.05) is 18.5 Å². The molecular formula is C17H16N2O3S. The second-order valence-corrected chi connectivity index (χ2v) is 5.65. The Morgan fingerprint density at radius 2 is 2.04 bits per heavy atom. The maximum atomic E-state index is 12.2. The summed E-state index contributed by atoms with van der Waals surface area (Å²) in [4.78, 5) is 15.3. The number of aliphatic hydroxyl groups is 1. The van der Waals surface area contributed by atoms with Gasteiger partial charge < -0.3 is 19.8 Å². The van der Waals surface area contributed by atoms with Gasteiger partial charge in [0.05, 0.1) is 11.6 Å². The van der Waals surface area contributed by atoms with Crippen LogP contribution in [-0.2, 0) is 6.42 Å². The van der Waals surface area contributed by atoms with Crippen LogP contribution in [0.3, 0.4) is 0 Å². The molecule has 1 unspecified atom stereocenters. The van der Waals surface area contributed by atoms with Crippen LogP contribution < -0.4 is 5.32 Å². The third-order valence-corrected chi connectivity index (χ3v) is 3.68. The lowest BCUT2D eigenvalue weighted by Gasteiger charge is -2.12. The first-order chi connectivity index (χ1) is 11.1. The van der Waals surface area contributed by atoms with Crippen LogP contribution in [0.5, 0.6) is 0 Å². The predicted octanol–water partition coefficient (Wildman–Crippen LogP) is 2.82. The van der Waals surface area contributed by atoms with E-state index in [0.29, 0.717) is 17.6 Å². The van der Waals surface area contributed by atoms with Gasteiger partial charge in [-0.15, -0.1) is 0 Å². The summed E-state index contributed by atoms with van der Waals surface area (Å²) in [6.07, 6.45) is -0.145. The molecule has 1 atom stereocenters. The molecule has 0 aliphatic carbocycles. The Hall–Kier alpha value is -2.44. The first-order valence-corrected chi connectivity index (χ1v) is 7.66. The number of carbonyl (C=O) groups is 1. The lowest BCUT2D eigenvalue weighted by atomic mass is 10.1. The number of aromatic nitrogens is 1. The molecule has 3 aromatic rings. The Balaban J connectivity index is 1.60. The third kappa shape index (κ3) is 3.85. The zero-order chi connectivity index (χ0) is 16.2. The first kappa shape index (κ1) is 15.5. The molecule has 0 saturated carbocycles. The Morgan fingerprint density at radius 1 is 1.26 bits per heavy atom. The zero-order valence-electron chi connectivity index (χ0n) is 12.3. The van der Waals surface area contributed by atoms with Crippen LogP contribution in [0, 0.1) is 4.84 Å². The van der Waals surface area contributed by atoms with E-state index in [0.717, 1.165) is 11.1 Å². The van der Waals surface area contributed by atoms with Gasteiger partial charge in [-0.25, -0.2) is 0 Å². The predicted molar refractivity (Wildman–Crippen MR) is 89.9 cm³/mol. The molecule has 0 saturated heterocycles. The van der Waals surface area contributed by atoms with Gasteiger partial charge in [0.1, 0.15) is 0 Å². The highest BCUT2D eigenvalue weighted by molar-refractivity contribution is 7.71. The summed E-state index contributed by atoms with van der Waals surface area (Å²) in [7, 11) is 0. The van der Waals surface area contributed by atoms with Crippen molar-refractivity contribution in [2.45, 2.75) is 12.5 Å². The third-order valence-electron chi connectivity index (χ3n) is 3.50. The summed E-state index contributed by atoms with van der Waals surface area (Å²) in [5.41, 5.74) is 2.77. The van der Waals surface area contributed by atoms with E-state index in [4.69, 9.17) is 16.6 Å². The SMILES string of the molecule is O=C(NCC(O)Cc1ccccc1)c1ccc2[nH]c(=S)oc2c1. The topological polar surface area (TPSA) is 78.3 Å². The van der Waals surface area contributed by atoms with Gasteiger partial charge in [0.25, 0.3) is 10.7 Å². The number of rotatable bonds is 5. The number of hydrogen-bond donors (Lipinski definition) is 3. The van der Waals surface area contributed by atoms with Crippen molar-refractivity contribution in [3.05, 3.63) is 64.5 Å². The van der Waals surface area contributed by atoms with Gasteiger partial charge in [-0.2, -0.15) is 0 Å². The highest BCUT2D eigenvalue weighted by Crippen LogP contribution is 2.15. The number of fused-ring (bicyclic) bond motifs is 1. The van der Waals surface area contributed by atoms with Gasteiger partial charge in [-0.1, -0.05) is 30.3 Å². The van der Waals surface area contributed by atoms with Crippen molar-refractivity contribution in [1.29, 1.82) is 0 Å². The van der Waals surface area contributed by atoms with Crippen LogP contribution in [-0.4, -0.2) is 28.6 Å². The van der Waals surface area contributed by atoms with Crippen LogP contribution in [0.15, 0.2) is 52.9 Å². The van der Waals surface area contributed by atoms with E-state index in [9.17, 15) is 9.90 Å². The Morgan fingerprint density at radius 3 is 2.83 bits per heavy atom.